The Bertz CT molecular complexity index is 756. The van der Waals surface area contributed by atoms with Gasteiger partial charge in [-0.15, -0.1) is 11.3 Å². The van der Waals surface area contributed by atoms with Crippen molar-refractivity contribution in [3.05, 3.63) is 40.4 Å². The molecule has 0 aliphatic carbocycles. The molecule has 9 heteroatoms. The maximum absolute atomic E-state index is 13.6. The van der Waals surface area contributed by atoms with E-state index in [9.17, 15) is 18.4 Å². The maximum Gasteiger partial charge on any atom is 0.281 e. The first kappa shape index (κ1) is 17.6. The molecular weight excluding hydrogens is 353 g/mol. The fraction of sp³-hybridized carbons (Fsp3) is 0.438. The largest absolute Gasteiger partial charge is 0.487 e. The predicted octanol–water partition coefficient (Wildman–Crippen LogP) is 3.72. The molecule has 0 bridgehead atoms. The number of nitrogens with zero attached hydrogens (tertiary/aromatic N) is 4. The van der Waals surface area contributed by atoms with Crippen LogP contribution in [0.4, 0.5) is 13.2 Å². The molecule has 25 heavy (non-hydrogen) atoms. The van der Waals surface area contributed by atoms with Crippen LogP contribution in [0.1, 0.15) is 35.9 Å². The summed E-state index contributed by atoms with van der Waals surface area (Å²) in [5.41, 5.74) is 1.01. The fourth-order valence-electron chi connectivity index (χ4n) is 2.83. The number of rotatable bonds is 5. The van der Waals surface area contributed by atoms with Crippen molar-refractivity contribution in [1.29, 1.82) is 5.26 Å². The van der Waals surface area contributed by atoms with Gasteiger partial charge in [-0.05, 0) is 12.8 Å². The minimum Gasteiger partial charge on any atom is -0.487 e. The minimum atomic E-state index is -2.70. The van der Waals surface area contributed by atoms with Crippen molar-refractivity contribution in [3.8, 4) is 11.8 Å². The Morgan fingerprint density at radius 3 is 2.76 bits per heavy atom. The van der Waals surface area contributed by atoms with Crippen molar-refractivity contribution < 1.29 is 17.9 Å². The van der Waals surface area contributed by atoms with Crippen LogP contribution in [-0.4, -0.2) is 34.1 Å². The summed E-state index contributed by atoms with van der Waals surface area (Å²) in [4.78, 5) is 9.47. The second-order valence-corrected chi connectivity index (χ2v) is 6.48. The molecule has 3 rings (SSSR count). The van der Waals surface area contributed by atoms with E-state index in [1.54, 1.807) is 0 Å². The van der Waals surface area contributed by atoms with E-state index >= 15 is 0 Å². The van der Waals surface area contributed by atoms with Gasteiger partial charge in [-0.25, -0.2) is 18.2 Å². The van der Waals surface area contributed by atoms with Crippen LogP contribution < -0.4 is 4.74 Å². The average molecular weight is 368 g/mol. The van der Waals surface area contributed by atoms with E-state index in [0.29, 0.717) is 25.9 Å². The average Bonchev–Trinajstić information content (AvgIpc) is 3.09. The van der Waals surface area contributed by atoms with E-state index in [1.807, 2.05) is 4.90 Å². The summed E-state index contributed by atoms with van der Waals surface area (Å²) < 4.78 is 45.3. The molecule has 0 radical (unpaired) electrons. The number of nitriles is 1. The van der Waals surface area contributed by atoms with E-state index in [1.165, 1.54) is 17.8 Å². The number of hydrogen-bond acceptors (Lipinski definition) is 6. The summed E-state index contributed by atoms with van der Waals surface area (Å²) in [6.45, 7) is 0.992. The van der Waals surface area contributed by atoms with Crippen LogP contribution in [-0.2, 0) is 0 Å². The third kappa shape index (κ3) is 3.91. The van der Waals surface area contributed by atoms with Gasteiger partial charge < -0.3 is 4.74 Å². The zero-order chi connectivity index (χ0) is 17.8. The summed E-state index contributed by atoms with van der Waals surface area (Å²) in [5.74, 6) is -0.376. The molecule has 1 aliphatic rings. The van der Waals surface area contributed by atoms with Crippen molar-refractivity contribution in [2.45, 2.75) is 31.4 Å². The van der Waals surface area contributed by atoms with Crippen LogP contribution in [0.2, 0.25) is 0 Å². The number of ether oxygens (including phenoxy) is 1. The number of pyridine rings is 1. The lowest BCUT2D eigenvalue weighted by atomic mass is 10.0. The van der Waals surface area contributed by atoms with E-state index in [4.69, 9.17) is 4.74 Å². The first-order chi connectivity index (χ1) is 12.1. The van der Waals surface area contributed by atoms with Crippen molar-refractivity contribution in [2.24, 2.45) is 0 Å². The summed E-state index contributed by atoms with van der Waals surface area (Å²) >= 11 is 1.07. The van der Waals surface area contributed by atoms with Gasteiger partial charge >= 0.3 is 0 Å². The molecule has 1 fully saturated rings. The summed E-state index contributed by atoms with van der Waals surface area (Å²) in [6, 6.07) is 2.81. The van der Waals surface area contributed by atoms with E-state index in [2.05, 4.69) is 16.0 Å². The lowest BCUT2D eigenvalue weighted by Gasteiger charge is -2.34. The van der Waals surface area contributed by atoms with Gasteiger partial charge in [-0.2, -0.15) is 5.26 Å². The molecule has 3 heterocycles. The van der Waals surface area contributed by atoms with Crippen LogP contribution in [0.3, 0.4) is 0 Å². The van der Waals surface area contributed by atoms with Crippen molar-refractivity contribution in [3.63, 3.8) is 0 Å². The van der Waals surface area contributed by atoms with Gasteiger partial charge in [0.25, 0.3) is 6.43 Å². The van der Waals surface area contributed by atoms with Crippen LogP contribution in [0.5, 0.6) is 5.75 Å². The Morgan fingerprint density at radius 1 is 1.36 bits per heavy atom. The van der Waals surface area contributed by atoms with Crippen molar-refractivity contribution >= 4 is 11.3 Å². The highest BCUT2D eigenvalue weighted by Crippen LogP contribution is 2.34. The first-order valence-corrected chi connectivity index (χ1v) is 8.59. The Labute approximate surface area is 146 Å². The normalized spacial score (nSPS) is 17.4. The van der Waals surface area contributed by atoms with E-state index in [-0.39, 0.29) is 22.4 Å². The molecule has 0 spiro atoms. The quantitative estimate of drug-likeness (QED) is 0.805. The van der Waals surface area contributed by atoms with Crippen LogP contribution in [0.25, 0.3) is 0 Å². The van der Waals surface area contributed by atoms with E-state index in [0.717, 1.165) is 17.5 Å². The van der Waals surface area contributed by atoms with Gasteiger partial charge in [0, 0.05) is 25.4 Å². The number of piperidine rings is 1. The maximum atomic E-state index is 13.6. The van der Waals surface area contributed by atoms with E-state index < -0.39 is 18.3 Å². The Hall–Kier alpha value is -2.18. The molecule has 132 valence electrons. The van der Waals surface area contributed by atoms with Gasteiger partial charge in [-0.1, -0.05) is 0 Å². The second kappa shape index (κ2) is 7.80. The standard InChI is InChI=1S/C16H15F3N4OS/c17-11-8-21-4-1-13(11)24-10-2-5-23(6-3-10)12(7-20)15-14(16(18)19)22-9-25-15/h1,4,8-10,12,16H,2-3,5-6H2. The van der Waals surface area contributed by atoms with Gasteiger partial charge in [0.2, 0.25) is 0 Å². The van der Waals surface area contributed by atoms with Gasteiger partial charge in [0.15, 0.2) is 11.6 Å². The number of hydrogen-bond donors (Lipinski definition) is 0. The molecular formula is C16H15F3N4OS. The zero-order valence-corrected chi connectivity index (χ0v) is 13.9. The van der Waals surface area contributed by atoms with Crippen LogP contribution in [0, 0.1) is 17.1 Å². The molecule has 0 saturated carbocycles. The molecule has 5 nitrogen and oxygen atoms in total. The summed E-state index contributed by atoms with van der Waals surface area (Å²) in [7, 11) is 0. The fourth-order valence-corrected chi connectivity index (χ4v) is 3.70. The minimum absolute atomic E-state index is 0.146. The third-order valence-corrected chi connectivity index (χ3v) is 4.97. The van der Waals surface area contributed by atoms with Gasteiger partial charge in [0.05, 0.1) is 22.7 Å². The molecule has 1 unspecified atom stereocenters. The van der Waals surface area contributed by atoms with Crippen LogP contribution >= 0.6 is 11.3 Å². The number of alkyl halides is 2. The lowest BCUT2D eigenvalue weighted by molar-refractivity contribution is 0.0838. The Kier molecular flexibility index (Phi) is 5.50. The molecule has 0 aromatic carbocycles. The highest BCUT2D eigenvalue weighted by atomic mass is 32.1. The molecule has 0 N–H and O–H groups in total. The van der Waals surface area contributed by atoms with Crippen molar-refractivity contribution in [2.75, 3.05) is 13.1 Å². The van der Waals surface area contributed by atoms with Crippen LogP contribution in [0.15, 0.2) is 24.0 Å². The van der Waals surface area contributed by atoms with Gasteiger partial charge in [0.1, 0.15) is 17.8 Å². The molecule has 1 aliphatic heterocycles. The number of thiazole rings is 1. The molecule has 2 aromatic heterocycles. The Balaban J connectivity index is 1.64. The molecule has 2 aromatic rings. The monoisotopic (exact) mass is 368 g/mol. The third-order valence-electron chi connectivity index (χ3n) is 4.07. The SMILES string of the molecule is N#CC(c1scnc1C(F)F)N1CCC(Oc2ccncc2F)CC1. The molecule has 0 amide bonds. The topological polar surface area (TPSA) is 62.0 Å². The first-order valence-electron chi connectivity index (χ1n) is 7.71. The highest BCUT2D eigenvalue weighted by Gasteiger charge is 2.31. The number of aromatic nitrogens is 2. The predicted molar refractivity (Wildman–Crippen MR) is 84.8 cm³/mol. The van der Waals surface area contributed by atoms with Gasteiger partial charge in [-0.3, -0.25) is 9.88 Å². The summed E-state index contributed by atoms with van der Waals surface area (Å²) in [6.07, 6.45) is 0.794. The number of likely N-dealkylation sites (tertiary alicyclic amines) is 1. The summed E-state index contributed by atoms with van der Waals surface area (Å²) in [5, 5.41) is 9.45. The molecule has 1 saturated heterocycles. The smallest absolute Gasteiger partial charge is 0.281 e. The molecule has 1 atom stereocenters. The highest BCUT2D eigenvalue weighted by molar-refractivity contribution is 7.09. The lowest BCUT2D eigenvalue weighted by Crippen LogP contribution is -2.40. The van der Waals surface area contributed by atoms with Crippen molar-refractivity contribution in [1.82, 2.24) is 14.9 Å². The number of halogens is 3. The second-order valence-electron chi connectivity index (χ2n) is 5.59. The zero-order valence-electron chi connectivity index (χ0n) is 13.1. The Morgan fingerprint density at radius 2 is 2.12 bits per heavy atom.